The van der Waals surface area contributed by atoms with Gasteiger partial charge in [0.1, 0.15) is 5.75 Å². The van der Waals surface area contributed by atoms with Gasteiger partial charge in [-0.25, -0.2) is 9.59 Å². The van der Waals surface area contributed by atoms with E-state index >= 15 is 0 Å². The summed E-state index contributed by atoms with van der Waals surface area (Å²) in [6.45, 7) is 0.532. The summed E-state index contributed by atoms with van der Waals surface area (Å²) in [6.07, 6.45) is 2.01. The average molecular weight is 552 g/mol. The maximum absolute atomic E-state index is 13.7. The number of nitrogens with zero attached hydrogens (tertiary/aromatic N) is 1. The van der Waals surface area contributed by atoms with E-state index in [9.17, 15) is 19.5 Å². The molecule has 0 radical (unpaired) electrons. The number of carboxylic acids is 2. The van der Waals surface area contributed by atoms with Crippen LogP contribution in [0.15, 0.2) is 109 Å². The van der Waals surface area contributed by atoms with Gasteiger partial charge >= 0.3 is 11.9 Å². The molecule has 2 N–H and O–H groups in total. The van der Waals surface area contributed by atoms with Crippen molar-refractivity contribution in [3.05, 3.63) is 137 Å². The first-order valence-corrected chi connectivity index (χ1v) is 13.6. The summed E-state index contributed by atoms with van der Waals surface area (Å²) in [7, 11) is 0. The Bertz CT molecular complexity index is 1420. The van der Waals surface area contributed by atoms with Crippen LogP contribution in [0.1, 0.15) is 56.2 Å². The monoisotopic (exact) mass is 551 g/mol. The number of rotatable bonds is 14. The summed E-state index contributed by atoms with van der Waals surface area (Å²) in [6, 6.07) is 33.8. The number of carbonyl (C=O) groups excluding carboxylic acids is 1. The second-order valence-corrected chi connectivity index (χ2v) is 9.77. The van der Waals surface area contributed by atoms with Crippen molar-refractivity contribution in [1.82, 2.24) is 4.90 Å². The highest BCUT2D eigenvalue weighted by molar-refractivity contribution is 5.97. The molecule has 0 heterocycles. The van der Waals surface area contributed by atoms with Gasteiger partial charge in [-0.1, -0.05) is 78.9 Å². The van der Waals surface area contributed by atoms with Crippen LogP contribution in [-0.2, 0) is 11.2 Å². The summed E-state index contributed by atoms with van der Waals surface area (Å²) < 4.78 is 5.30. The van der Waals surface area contributed by atoms with Gasteiger partial charge in [-0.3, -0.25) is 4.79 Å². The average Bonchev–Trinajstić information content (AvgIpc) is 3.00. The Labute approximate surface area is 239 Å². The summed E-state index contributed by atoms with van der Waals surface area (Å²) >= 11 is 0. The van der Waals surface area contributed by atoms with Crippen LogP contribution in [0.5, 0.6) is 5.75 Å². The molecule has 4 aromatic rings. The highest BCUT2D eigenvalue weighted by atomic mass is 16.5. The normalized spacial score (nSPS) is 10.8. The zero-order chi connectivity index (χ0) is 29.0. The fourth-order valence-electron chi connectivity index (χ4n) is 4.87. The Morgan fingerprint density at radius 3 is 1.98 bits per heavy atom. The molecule has 0 aliphatic heterocycles. The van der Waals surface area contributed by atoms with Crippen LogP contribution >= 0.6 is 0 Å². The molecule has 0 aliphatic carbocycles. The van der Waals surface area contributed by atoms with Gasteiger partial charge in [-0.15, -0.1) is 0 Å². The third-order valence-electron chi connectivity index (χ3n) is 6.89. The second kappa shape index (κ2) is 14.5. The highest BCUT2D eigenvalue weighted by Crippen LogP contribution is 2.28. The molecule has 7 heteroatoms. The lowest BCUT2D eigenvalue weighted by Gasteiger charge is -2.26. The summed E-state index contributed by atoms with van der Waals surface area (Å²) in [5.41, 5.74) is 3.71. The van der Waals surface area contributed by atoms with Crippen molar-refractivity contribution in [3.63, 3.8) is 0 Å². The van der Waals surface area contributed by atoms with Crippen LogP contribution in [0.3, 0.4) is 0 Å². The number of carboxylic acid groups (broad SMARTS) is 2. The number of amides is 1. The second-order valence-electron chi connectivity index (χ2n) is 9.77. The van der Waals surface area contributed by atoms with Crippen LogP contribution in [0.4, 0.5) is 0 Å². The Morgan fingerprint density at radius 2 is 1.34 bits per heavy atom. The van der Waals surface area contributed by atoms with Gasteiger partial charge in [0.2, 0.25) is 0 Å². The van der Waals surface area contributed by atoms with Gasteiger partial charge in [0.05, 0.1) is 5.56 Å². The Hall–Kier alpha value is -4.91. The zero-order valence-electron chi connectivity index (χ0n) is 22.7. The predicted molar refractivity (Wildman–Crippen MR) is 157 cm³/mol. The zero-order valence-corrected chi connectivity index (χ0v) is 22.7. The predicted octanol–water partition coefficient (Wildman–Crippen LogP) is 6.15. The van der Waals surface area contributed by atoms with E-state index in [0.29, 0.717) is 43.7 Å². The van der Waals surface area contributed by atoms with Crippen molar-refractivity contribution in [2.75, 3.05) is 19.7 Å². The van der Waals surface area contributed by atoms with E-state index in [4.69, 9.17) is 9.84 Å². The van der Waals surface area contributed by atoms with Crippen LogP contribution in [0.25, 0.3) is 0 Å². The quantitative estimate of drug-likeness (QED) is 0.195. The maximum atomic E-state index is 13.7. The number of hydrogen-bond acceptors (Lipinski definition) is 4. The van der Waals surface area contributed by atoms with Gasteiger partial charge in [0.25, 0.3) is 5.91 Å². The van der Waals surface area contributed by atoms with E-state index in [2.05, 4.69) is 24.3 Å². The van der Waals surface area contributed by atoms with E-state index in [1.807, 2.05) is 54.6 Å². The molecule has 1 amide bonds. The van der Waals surface area contributed by atoms with Crippen LogP contribution in [0, 0.1) is 0 Å². The van der Waals surface area contributed by atoms with Crippen molar-refractivity contribution in [1.29, 1.82) is 0 Å². The maximum Gasteiger partial charge on any atom is 0.341 e. The molecular weight excluding hydrogens is 518 g/mol. The lowest BCUT2D eigenvalue weighted by molar-refractivity contribution is -0.139. The molecule has 0 atom stereocenters. The fourth-order valence-corrected chi connectivity index (χ4v) is 4.87. The summed E-state index contributed by atoms with van der Waals surface area (Å²) in [5.74, 6) is -1.77. The molecule has 0 saturated heterocycles. The number of aryl methyl sites for hydroxylation is 1. The molecule has 0 aliphatic rings. The minimum Gasteiger partial charge on any atom is -0.482 e. The lowest BCUT2D eigenvalue weighted by Crippen LogP contribution is -2.34. The Balaban J connectivity index is 1.52. The van der Waals surface area contributed by atoms with Crippen LogP contribution in [-0.4, -0.2) is 52.7 Å². The number of carbonyl (C=O) groups is 3. The van der Waals surface area contributed by atoms with Gasteiger partial charge in [-0.2, -0.15) is 0 Å². The molecule has 0 aromatic heterocycles. The number of benzene rings is 4. The minimum absolute atomic E-state index is 0.0698. The van der Waals surface area contributed by atoms with Crippen LogP contribution in [0.2, 0.25) is 0 Å². The number of aromatic carboxylic acids is 1. The van der Waals surface area contributed by atoms with E-state index in [1.165, 1.54) is 12.1 Å². The number of ether oxygens (including phenoxy) is 1. The molecule has 0 bridgehead atoms. The first-order valence-electron chi connectivity index (χ1n) is 13.6. The van der Waals surface area contributed by atoms with E-state index in [1.54, 1.807) is 23.1 Å². The molecule has 0 saturated carbocycles. The first kappa shape index (κ1) is 29.1. The van der Waals surface area contributed by atoms with E-state index in [-0.39, 0.29) is 17.4 Å². The largest absolute Gasteiger partial charge is 0.482 e. The van der Waals surface area contributed by atoms with E-state index < -0.39 is 18.5 Å². The Morgan fingerprint density at radius 1 is 0.707 bits per heavy atom. The fraction of sp³-hybridized carbons (Fsp3) is 0.206. The van der Waals surface area contributed by atoms with Crippen molar-refractivity contribution in [2.45, 2.75) is 25.2 Å². The van der Waals surface area contributed by atoms with Gasteiger partial charge in [0.15, 0.2) is 6.61 Å². The topological polar surface area (TPSA) is 104 Å². The number of aliphatic carboxylic acids is 1. The highest BCUT2D eigenvalue weighted by Gasteiger charge is 2.21. The molecule has 210 valence electrons. The molecule has 0 fully saturated rings. The summed E-state index contributed by atoms with van der Waals surface area (Å²) in [5, 5.41) is 18.3. The molecule has 7 nitrogen and oxygen atoms in total. The van der Waals surface area contributed by atoms with Crippen molar-refractivity contribution >= 4 is 17.8 Å². The smallest absolute Gasteiger partial charge is 0.341 e. The SMILES string of the molecule is O=C(O)COc1cccc(CCCN(CCC(c2ccccc2)c2ccccc2)C(=O)c2cccc(C(=O)O)c2)c1. The molecular formula is C34H33NO6. The third kappa shape index (κ3) is 8.54. The molecule has 41 heavy (non-hydrogen) atoms. The molecule has 4 aromatic carbocycles. The van der Waals surface area contributed by atoms with Gasteiger partial charge < -0.3 is 19.8 Å². The first-order chi connectivity index (χ1) is 19.9. The lowest BCUT2D eigenvalue weighted by atomic mass is 9.88. The minimum atomic E-state index is -1.08. The molecule has 4 rings (SSSR count). The Kier molecular flexibility index (Phi) is 10.3. The van der Waals surface area contributed by atoms with Crippen molar-refractivity contribution < 1.29 is 29.3 Å². The van der Waals surface area contributed by atoms with Crippen LogP contribution < -0.4 is 4.74 Å². The van der Waals surface area contributed by atoms with Gasteiger partial charge in [-0.05, 0) is 66.3 Å². The third-order valence-corrected chi connectivity index (χ3v) is 6.89. The standard InChI is InChI=1S/C34H33NO6/c36-32(37)24-41-30-18-7-10-25(22-30)11-9-20-35(33(38)28-16-8-17-29(23-28)34(39)40)21-19-31(26-12-3-1-4-13-26)27-14-5-2-6-15-27/h1-8,10,12-18,22-23,31H,9,11,19-21,24H2,(H,36,37)(H,39,40). The van der Waals surface area contributed by atoms with Crippen molar-refractivity contribution in [3.8, 4) is 5.75 Å². The van der Waals surface area contributed by atoms with Crippen molar-refractivity contribution in [2.24, 2.45) is 0 Å². The number of hydrogen-bond donors (Lipinski definition) is 2. The molecule has 0 unspecified atom stereocenters. The summed E-state index contributed by atoms with van der Waals surface area (Å²) in [4.78, 5) is 37.9. The van der Waals surface area contributed by atoms with Gasteiger partial charge in [0, 0.05) is 24.6 Å². The molecule has 0 spiro atoms. The van der Waals surface area contributed by atoms with E-state index in [0.717, 1.165) is 16.7 Å².